The first-order valence-corrected chi connectivity index (χ1v) is 9.35. The topological polar surface area (TPSA) is 68.3 Å². The molecule has 1 amide bonds. The van der Waals surface area contributed by atoms with Gasteiger partial charge in [-0.1, -0.05) is 6.42 Å². The van der Waals surface area contributed by atoms with Gasteiger partial charge in [-0.05, 0) is 43.4 Å². The molecule has 0 aromatic carbocycles. The quantitative estimate of drug-likeness (QED) is 0.751. The fourth-order valence-corrected chi connectivity index (χ4v) is 3.92. The molecular weight excluding hydrogens is 381 g/mol. The monoisotopic (exact) mass is 398 g/mol. The van der Waals surface area contributed by atoms with Gasteiger partial charge < -0.3 is 10.1 Å². The Hall–Kier alpha value is -2.42. The van der Waals surface area contributed by atoms with Crippen LogP contribution in [0.15, 0.2) is 29.9 Å². The van der Waals surface area contributed by atoms with E-state index >= 15 is 0 Å². The summed E-state index contributed by atoms with van der Waals surface area (Å²) in [6.07, 6.45) is 2.12. The van der Waals surface area contributed by atoms with E-state index in [1.54, 1.807) is 17.4 Å². The van der Waals surface area contributed by atoms with Crippen LogP contribution < -0.4 is 5.32 Å². The van der Waals surface area contributed by atoms with Crippen molar-refractivity contribution in [1.82, 2.24) is 4.98 Å². The van der Waals surface area contributed by atoms with Gasteiger partial charge in [0.25, 0.3) is 0 Å². The van der Waals surface area contributed by atoms with Gasteiger partial charge in [0.1, 0.15) is 16.7 Å². The number of anilines is 1. The highest BCUT2D eigenvalue weighted by Crippen LogP contribution is 2.37. The summed E-state index contributed by atoms with van der Waals surface area (Å²) in [6.45, 7) is 0. The number of aromatic nitrogens is 1. The second-order valence-corrected chi connectivity index (χ2v) is 7.09. The number of pyridine rings is 1. The lowest BCUT2D eigenvalue weighted by Gasteiger charge is -2.22. The third-order valence-corrected chi connectivity index (χ3v) is 5.19. The van der Waals surface area contributed by atoms with Crippen LogP contribution in [0.5, 0.6) is 0 Å². The van der Waals surface area contributed by atoms with E-state index in [-0.39, 0.29) is 16.7 Å². The molecule has 0 aliphatic heterocycles. The molecule has 2 heterocycles. The molecule has 144 valence electrons. The summed E-state index contributed by atoms with van der Waals surface area (Å²) in [6, 6.07) is 3.27. The molecule has 0 spiro atoms. The highest BCUT2D eigenvalue weighted by atomic mass is 32.1. The van der Waals surface area contributed by atoms with Crippen LogP contribution in [-0.4, -0.2) is 29.1 Å². The first-order valence-electron chi connectivity index (χ1n) is 8.47. The Kier molecular flexibility index (Phi) is 5.79. The van der Waals surface area contributed by atoms with Gasteiger partial charge in [0.2, 0.25) is 0 Å². The Bertz CT molecular complexity index is 815. The molecule has 0 unspecified atom stereocenters. The van der Waals surface area contributed by atoms with Crippen LogP contribution in [0.4, 0.5) is 18.2 Å². The van der Waals surface area contributed by atoms with Crippen LogP contribution in [0.3, 0.4) is 0 Å². The van der Waals surface area contributed by atoms with Crippen molar-refractivity contribution in [1.29, 1.82) is 0 Å². The van der Waals surface area contributed by atoms with E-state index < -0.39 is 18.1 Å². The molecule has 0 atom stereocenters. The number of nitrogens with zero attached hydrogens (tertiary/aromatic N) is 1. The number of alkyl halides is 3. The Balaban J connectivity index is 1.93. The molecule has 1 aliphatic rings. The molecular formula is C18H17F3N2O3S. The summed E-state index contributed by atoms with van der Waals surface area (Å²) >= 11 is 0.853. The minimum atomic E-state index is -5.05. The van der Waals surface area contributed by atoms with Gasteiger partial charge in [-0.25, -0.2) is 4.79 Å². The van der Waals surface area contributed by atoms with E-state index in [1.165, 1.54) is 17.8 Å². The van der Waals surface area contributed by atoms with E-state index in [2.05, 4.69) is 4.98 Å². The maximum atomic E-state index is 12.8. The van der Waals surface area contributed by atoms with E-state index in [0.29, 0.717) is 11.1 Å². The zero-order chi connectivity index (χ0) is 19.4. The molecule has 1 N–H and O–H groups in total. The summed E-state index contributed by atoms with van der Waals surface area (Å²) in [5.41, 5.74) is 0.944. The third kappa shape index (κ3) is 4.65. The molecule has 0 bridgehead atoms. The van der Waals surface area contributed by atoms with Crippen molar-refractivity contribution in [2.45, 2.75) is 44.4 Å². The van der Waals surface area contributed by atoms with Crippen LogP contribution in [0.25, 0.3) is 11.1 Å². The van der Waals surface area contributed by atoms with Crippen molar-refractivity contribution in [3.63, 3.8) is 0 Å². The molecule has 1 saturated carbocycles. The van der Waals surface area contributed by atoms with Crippen molar-refractivity contribution >= 4 is 28.2 Å². The van der Waals surface area contributed by atoms with Crippen LogP contribution in [0.1, 0.15) is 42.5 Å². The Morgan fingerprint density at radius 1 is 1.15 bits per heavy atom. The fraction of sp³-hybridized carbons (Fsp3) is 0.389. The van der Waals surface area contributed by atoms with Crippen LogP contribution >= 0.6 is 11.3 Å². The number of rotatable bonds is 4. The van der Waals surface area contributed by atoms with Crippen LogP contribution in [-0.2, 0) is 9.53 Å². The lowest BCUT2D eigenvalue weighted by atomic mass is 9.97. The Morgan fingerprint density at radius 3 is 2.44 bits per heavy atom. The number of esters is 1. The molecule has 0 radical (unpaired) electrons. The van der Waals surface area contributed by atoms with Crippen molar-refractivity contribution < 1.29 is 27.5 Å². The van der Waals surface area contributed by atoms with Gasteiger partial charge in [-0.3, -0.25) is 9.78 Å². The smallest absolute Gasteiger partial charge is 0.459 e. The predicted octanol–water partition coefficient (Wildman–Crippen LogP) is 4.80. The number of hydrogen-bond acceptors (Lipinski definition) is 5. The molecule has 3 rings (SSSR count). The van der Waals surface area contributed by atoms with Crippen LogP contribution in [0, 0.1) is 0 Å². The van der Waals surface area contributed by atoms with E-state index in [0.717, 1.165) is 43.4 Å². The summed E-state index contributed by atoms with van der Waals surface area (Å²) in [5.74, 6) is -2.86. The molecule has 1 fully saturated rings. The fourth-order valence-electron chi connectivity index (χ4n) is 2.96. The Labute approximate surface area is 157 Å². The average Bonchev–Trinajstić information content (AvgIpc) is 3.06. The molecule has 2 aromatic rings. The van der Waals surface area contributed by atoms with Gasteiger partial charge in [0, 0.05) is 23.3 Å². The zero-order valence-corrected chi connectivity index (χ0v) is 15.0. The number of carbonyl (C=O) groups excluding carboxylic acids is 2. The number of halogens is 3. The first kappa shape index (κ1) is 19.3. The highest BCUT2D eigenvalue weighted by molar-refractivity contribution is 7.15. The summed E-state index contributed by atoms with van der Waals surface area (Å²) in [5, 5.41) is 3.15. The van der Waals surface area contributed by atoms with E-state index in [9.17, 15) is 22.8 Å². The van der Waals surface area contributed by atoms with Crippen molar-refractivity contribution in [3.05, 3.63) is 35.5 Å². The van der Waals surface area contributed by atoms with Crippen LogP contribution in [0.2, 0.25) is 0 Å². The minimum absolute atomic E-state index is 0.0608. The highest BCUT2D eigenvalue weighted by Gasteiger charge is 2.40. The number of amides is 1. The summed E-state index contributed by atoms with van der Waals surface area (Å²) in [7, 11) is 0. The number of hydrogen-bond donors (Lipinski definition) is 1. The van der Waals surface area contributed by atoms with Gasteiger partial charge in [-0.15, -0.1) is 11.3 Å². The van der Waals surface area contributed by atoms with Crippen molar-refractivity contribution in [2.24, 2.45) is 0 Å². The van der Waals surface area contributed by atoms with Gasteiger partial charge >= 0.3 is 18.1 Å². The lowest BCUT2D eigenvalue weighted by Crippen LogP contribution is -2.30. The molecule has 1 aliphatic carbocycles. The largest absolute Gasteiger partial charge is 0.471 e. The maximum Gasteiger partial charge on any atom is 0.471 e. The minimum Gasteiger partial charge on any atom is -0.459 e. The summed E-state index contributed by atoms with van der Waals surface area (Å²) in [4.78, 5) is 28.0. The maximum absolute atomic E-state index is 12.8. The van der Waals surface area contributed by atoms with Crippen molar-refractivity contribution in [2.75, 3.05) is 5.32 Å². The summed E-state index contributed by atoms with van der Waals surface area (Å²) < 4.78 is 43.4. The molecule has 27 heavy (non-hydrogen) atoms. The Morgan fingerprint density at radius 2 is 1.81 bits per heavy atom. The molecule has 2 aromatic heterocycles. The number of carbonyl (C=O) groups is 2. The average molecular weight is 398 g/mol. The number of nitrogens with one attached hydrogen (secondary N) is 1. The van der Waals surface area contributed by atoms with E-state index in [1.807, 2.05) is 0 Å². The van der Waals surface area contributed by atoms with Crippen molar-refractivity contribution in [3.8, 4) is 11.1 Å². The first-order chi connectivity index (χ1) is 12.9. The van der Waals surface area contributed by atoms with Gasteiger partial charge in [0.05, 0.1) is 0 Å². The van der Waals surface area contributed by atoms with Gasteiger partial charge in [0.15, 0.2) is 0 Å². The lowest BCUT2D eigenvalue weighted by molar-refractivity contribution is -0.167. The van der Waals surface area contributed by atoms with E-state index in [4.69, 9.17) is 4.74 Å². The van der Waals surface area contributed by atoms with Gasteiger partial charge in [-0.2, -0.15) is 13.2 Å². The molecule has 0 saturated heterocycles. The SMILES string of the molecule is O=C(OC1CCCCC1)c1c(-c2ccncc2)csc1NC(=O)C(F)(F)F. The second-order valence-electron chi connectivity index (χ2n) is 6.21. The number of thiophene rings is 1. The zero-order valence-electron chi connectivity index (χ0n) is 14.2. The second kappa shape index (κ2) is 8.08. The predicted molar refractivity (Wildman–Crippen MR) is 94.5 cm³/mol. The normalized spacial score (nSPS) is 15.4. The standard InChI is InChI=1S/C18H17F3N2O3S/c19-18(20,21)17(25)23-15-14(16(24)26-12-4-2-1-3-5-12)13(10-27-15)11-6-8-22-9-7-11/h6-10,12H,1-5H2,(H,23,25). The number of ether oxygens (including phenoxy) is 1. The molecule has 9 heteroatoms. The molecule has 5 nitrogen and oxygen atoms in total. The third-order valence-electron chi connectivity index (χ3n) is 4.30.